The largest absolute Gasteiger partial charge is 0.288 e. The van der Waals surface area contributed by atoms with Crippen LogP contribution in [0.4, 0.5) is 0 Å². The monoisotopic (exact) mass is 192 g/mol. The first-order chi connectivity index (χ1) is 6.20. The number of halogens is 1. The average molecular weight is 193 g/mol. The topological polar surface area (TPSA) is 17.8 Å². The highest BCUT2D eigenvalue weighted by atomic mass is 35.5. The molecule has 1 heterocycles. The van der Waals surface area contributed by atoms with E-state index in [0.717, 1.165) is 16.7 Å². The molecule has 0 spiro atoms. The van der Waals surface area contributed by atoms with E-state index >= 15 is 0 Å². The second kappa shape index (κ2) is 2.89. The number of nitrogens with zero attached hydrogens (tertiary/aromatic N) is 2. The molecule has 0 amide bonds. The van der Waals surface area contributed by atoms with Gasteiger partial charge in [-0.3, -0.25) is 4.57 Å². The van der Waals surface area contributed by atoms with Gasteiger partial charge >= 0.3 is 0 Å². The summed E-state index contributed by atoms with van der Waals surface area (Å²) < 4.78 is 1.83. The Balaban J connectivity index is 2.86. The van der Waals surface area contributed by atoms with E-state index < -0.39 is 0 Å². The van der Waals surface area contributed by atoms with Crippen molar-refractivity contribution in [2.24, 2.45) is 0 Å². The predicted octanol–water partition coefficient (Wildman–Crippen LogP) is 3.18. The van der Waals surface area contributed by atoms with Gasteiger partial charge < -0.3 is 0 Å². The van der Waals surface area contributed by atoms with E-state index in [1.807, 2.05) is 35.8 Å². The maximum atomic E-state index is 5.95. The number of allylic oxidation sites excluding steroid dienone is 1. The Hall–Kier alpha value is -1.28. The Morgan fingerprint density at radius 1 is 1.46 bits per heavy atom. The smallest absolute Gasteiger partial charge is 0.208 e. The van der Waals surface area contributed by atoms with Crippen LogP contribution in [-0.2, 0) is 0 Å². The number of imidazole rings is 1. The molecule has 0 aliphatic rings. The van der Waals surface area contributed by atoms with Crippen molar-refractivity contribution in [1.82, 2.24) is 9.55 Å². The van der Waals surface area contributed by atoms with Gasteiger partial charge in [0.1, 0.15) is 0 Å². The van der Waals surface area contributed by atoms with Gasteiger partial charge in [-0.25, -0.2) is 4.98 Å². The van der Waals surface area contributed by atoms with E-state index in [9.17, 15) is 0 Å². The van der Waals surface area contributed by atoms with Crippen LogP contribution in [0.1, 0.15) is 6.92 Å². The van der Waals surface area contributed by atoms with Crippen molar-refractivity contribution in [3.8, 4) is 0 Å². The van der Waals surface area contributed by atoms with Crippen LogP contribution in [-0.4, -0.2) is 9.55 Å². The fourth-order valence-electron chi connectivity index (χ4n) is 1.36. The van der Waals surface area contributed by atoms with E-state index in [1.165, 1.54) is 0 Å². The summed E-state index contributed by atoms with van der Waals surface area (Å²) in [5.41, 5.74) is 2.77. The lowest BCUT2D eigenvalue weighted by Gasteiger charge is -2.02. The normalized spacial score (nSPS) is 10.6. The van der Waals surface area contributed by atoms with Gasteiger partial charge in [-0.05, 0) is 30.7 Å². The van der Waals surface area contributed by atoms with Gasteiger partial charge in [-0.1, -0.05) is 18.7 Å². The SMILES string of the molecule is C=C(C)n1c(Cl)nc2ccccc21. The fourth-order valence-corrected chi connectivity index (χ4v) is 1.69. The van der Waals surface area contributed by atoms with Crippen LogP contribution in [0.5, 0.6) is 0 Å². The fraction of sp³-hybridized carbons (Fsp3) is 0.100. The maximum absolute atomic E-state index is 5.95. The van der Waals surface area contributed by atoms with E-state index in [-0.39, 0.29) is 0 Å². The molecule has 0 atom stereocenters. The molecular formula is C10H9ClN2. The quantitative estimate of drug-likeness (QED) is 0.679. The summed E-state index contributed by atoms with van der Waals surface area (Å²) in [6.45, 7) is 5.75. The van der Waals surface area contributed by atoms with E-state index in [2.05, 4.69) is 11.6 Å². The molecule has 66 valence electrons. The molecule has 0 fully saturated rings. The highest BCUT2D eigenvalue weighted by Crippen LogP contribution is 2.22. The third-order valence-corrected chi connectivity index (χ3v) is 2.16. The predicted molar refractivity (Wildman–Crippen MR) is 55.7 cm³/mol. The molecule has 1 aromatic heterocycles. The summed E-state index contributed by atoms with van der Waals surface area (Å²) in [7, 11) is 0. The standard InChI is InChI=1S/C10H9ClN2/c1-7(2)13-9-6-4-3-5-8(9)12-10(13)11/h3-6H,1H2,2H3. The molecule has 2 nitrogen and oxygen atoms in total. The molecule has 13 heavy (non-hydrogen) atoms. The number of fused-ring (bicyclic) bond motifs is 1. The first-order valence-corrected chi connectivity index (χ1v) is 4.37. The number of para-hydroxylation sites is 2. The molecule has 0 bridgehead atoms. The van der Waals surface area contributed by atoms with Crippen molar-refractivity contribution in [1.29, 1.82) is 0 Å². The molecule has 0 unspecified atom stereocenters. The van der Waals surface area contributed by atoms with Crippen molar-refractivity contribution < 1.29 is 0 Å². The van der Waals surface area contributed by atoms with Crippen molar-refractivity contribution in [2.75, 3.05) is 0 Å². The molecule has 2 aromatic rings. The Kier molecular flexibility index (Phi) is 1.85. The summed E-state index contributed by atoms with van der Waals surface area (Å²) in [6, 6.07) is 7.80. The van der Waals surface area contributed by atoms with Crippen molar-refractivity contribution in [3.63, 3.8) is 0 Å². The molecule has 0 saturated carbocycles. The van der Waals surface area contributed by atoms with Gasteiger partial charge in [-0.15, -0.1) is 0 Å². The third-order valence-electron chi connectivity index (χ3n) is 1.90. The number of aromatic nitrogens is 2. The van der Waals surface area contributed by atoms with Gasteiger partial charge in [0.15, 0.2) is 0 Å². The first kappa shape index (κ1) is 8.32. The van der Waals surface area contributed by atoms with Crippen LogP contribution in [0.15, 0.2) is 30.8 Å². The van der Waals surface area contributed by atoms with Gasteiger partial charge in [0.25, 0.3) is 0 Å². The summed E-state index contributed by atoms with van der Waals surface area (Å²) >= 11 is 5.95. The van der Waals surface area contributed by atoms with E-state index in [1.54, 1.807) is 0 Å². The van der Waals surface area contributed by atoms with Crippen molar-refractivity contribution in [2.45, 2.75) is 6.92 Å². The Bertz CT molecular complexity index is 471. The van der Waals surface area contributed by atoms with Gasteiger partial charge in [0.2, 0.25) is 5.28 Å². The minimum absolute atomic E-state index is 0.466. The number of rotatable bonds is 1. The zero-order valence-electron chi connectivity index (χ0n) is 7.29. The van der Waals surface area contributed by atoms with Crippen LogP contribution in [0.3, 0.4) is 0 Å². The lowest BCUT2D eigenvalue weighted by molar-refractivity contribution is 1.12. The molecule has 2 rings (SSSR count). The van der Waals surface area contributed by atoms with Gasteiger partial charge in [0, 0.05) is 5.70 Å². The molecule has 0 N–H and O–H groups in total. The van der Waals surface area contributed by atoms with Gasteiger partial charge in [-0.2, -0.15) is 0 Å². The number of hydrogen-bond donors (Lipinski definition) is 0. The lowest BCUT2D eigenvalue weighted by Crippen LogP contribution is -1.90. The van der Waals surface area contributed by atoms with Crippen LogP contribution >= 0.6 is 11.6 Å². The van der Waals surface area contributed by atoms with Gasteiger partial charge in [0.05, 0.1) is 11.0 Å². The van der Waals surface area contributed by atoms with E-state index in [0.29, 0.717) is 5.28 Å². The maximum Gasteiger partial charge on any atom is 0.208 e. The molecular weight excluding hydrogens is 184 g/mol. The minimum Gasteiger partial charge on any atom is -0.288 e. The second-order valence-corrected chi connectivity index (χ2v) is 3.28. The molecule has 0 radical (unpaired) electrons. The Morgan fingerprint density at radius 3 is 2.85 bits per heavy atom. The number of benzene rings is 1. The number of hydrogen-bond acceptors (Lipinski definition) is 1. The molecule has 0 aliphatic heterocycles. The average Bonchev–Trinajstić information content (AvgIpc) is 2.39. The zero-order chi connectivity index (χ0) is 9.42. The molecule has 0 saturated heterocycles. The Morgan fingerprint density at radius 2 is 2.15 bits per heavy atom. The van der Waals surface area contributed by atoms with Crippen LogP contribution in [0.25, 0.3) is 16.7 Å². The van der Waals surface area contributed by atoms with Crippen molar-refractivity contribution in [3.05, 3.63) is 36.1 Å². The molecule has 0 aliphatic carbocycles. The molecule has 1 aromatic carbocycles. The van der Waals surface area contributed by atoms with Crippen LogP contribution in [0, 0.1) is 0 Å². The Labute approximate surface area is 81.5 Å². The third kappa shape index (κ3) is 1.23. The first-order valence-electron chi connectivity index (χ1n) is 3.99. The zero-order valence-corrected chi connectivity index (χ0v) is 8.04. The summed E-state index contributed by atoms with van der Waals surface area (Å²) in [5.74, 6) is 0. The van der Waals surface area contributed by atoms with Crippen molar-refractivity contribution >= 4 is 28.3 Å². The highest BCUT2D eigenvalue weighted by Gasteiger charge is 2.07. The van der Waals surface area contributed by atoms with Crippen LogP contribution in [0.2, 0.25) is 5.28 Å². The lowest BCUT2D eigenvalue weighted by atomic mass is 10.3. The molecule has 3 heteroatoms. The second-order valence-electron chi connectivity index (χ2n) is 2.94. The van der Waals surface area contributed by atoms with E-state index in [4.69, 9.17) is 11.6 Å². The highest BCUT2D eigenvalue weighted by molar-refractivity contribution is 6.29. The summed E-state index contributed by atoms with van der Waals surface area (Å²) in [5, 5.41) is 0.466. The summed E-state index contributed by atoms with van der Waals surface area (Å²) in [4.78, 5) is 4.20. The minimum atomic E-state index is 0.466. The van der Waals surface area contributed by atoms with Crippen LogP contribution < -0.4 is 0 Å². The summed E-state index contributed by atoms with van der Waals surface area (Å²) in [6.07, 6.45) is 0.